The summed E-state index contributed by atoms with van der Waals surface area (Å²) in [5.74, 6) is -0.0814. The highest BCUT2D eigenvalue weighted by Crippen LogP contribution is 2.26. The molecule has 0 heterocycles. The van der Waals surface area contributed by atoms with Gasteiger partial charge in [-0.1, -0.05) is 39.0 Å². The molecule has 0 bridgehead atoms. The van der Waals surface area contributed by atoms with Gasteiger partial charge in [-0.05, 0) is 49.4 Å². The maximum absolute atomic E-state index is 13.5. The molecule has 17 heavy (non-hydrogen) atoms. The Labute approximate surface area is 104 Å². The normalized spacial score (nSPS) is 11.8. The topological polar surface area (TPSA) is 12.0 Å². The van der Waals surface area contributed by atoms with Gasteiger partial charge in [-0.3, -0.25) is 0 Å². The van der Waals surface area contributed by atoms with E-state index >= 15 is 0 Å². The minimum atomic E-state index is -0.0814. The lowest BCUT2D eigenvalue weighted by atomic mass is 9.82. The van der Waals surface area contributed by atoms with Crippen molar-refractivity contribution in [1.82, 2.24) is 5.32 Å². The van der Waals surface area contributed by atoms with Gasteiger partial charge in [0.05, 0.1) is 0 Å². The van der Waals surface area contributed by atoms with Crippen molar-refractivity contribution in [3.8, 4) is 0 Å². The smallest absolute Gasteiger partial charge is 0.126 e. The highest BCUT2D eigenvalue weighted by atomic mass is 19.1. The first-order valence-electron chi connectivity index (χ1n) is 6.49. The predicted molar refractivity (Wildman–Crippen MR) is 71.7 cm³/mol. The Morgan fingerprint density at radius 2 is 1.88 bits per heavy atom. The maximum atomic E-state index is 13.5. The highest BCUT2D eigenvalue weighted by Gasteiger charge is 2.19. The van der Waals surface area contributed by atoms with E-state index in [2.05, 4.69) is 26.1 Å². The molecule has 0 atom stereocenters. The second-order valence-corrected chi connectivity index (χ2v) is 5.43. The van der Waals surface area contributed by atoms with E-state index in [-0.39, 0.29) is 11.2 Å². The molecular weight excluding hydrogens is 213 g/mol. The van der Waals surface area contributed by atoms with Crippen molar-refractivity contribution in [3.05, 3.63) is 35.6 Å². The molecule has 0 aliphatic rings. The van der Waals surface area contributed by atoms with Crippen molar-refractivity contribution < 1.29 is 4.39 Å². The lowest BCUT2D eigenvalue weighted by Gasteiger charge is -2.25. The Morgan fingerprint density at radius 1 is 1.18 bits per heavy atom. The Morgan fingerprint density at radius 3 is 2.53 bits per heavy atom. The van der Waals surface area contributed by atoms with Gasteiger partial charge in [0.1, 0.15) is 5.82 Å². The van der Waals surface area contributed by atoms with Crippen molar-refractivity contribution >= 4 is 0 Å². The van der Waals surface area contributed by atoms with Gasteiger partial charge in [-0.2, -0.15) is 0 Å². The van der Waals surface area contributed by atoms with Crippen LogP contribution in [0.15, 0.2) is 24.3 Å². The van der Waals surface area contributed by atoms with Crippen molar-refractivity contribution in [2.75, 3.05) is 13.1 Å². The molecule has 0 saturated heterocycles. The van der Waals surface area contributed by atoms with E-state index in [4.69, 9.17) is 0 Å². The molecule has 1 N–H and O–H groups in total. The van der Waals surface area contributed by atoms with E-state index in [0.29, 0.717) is 0 Å². The van der Waals surface area contributed by atoms with Crippen molar-refractivity contribution in [2.24, 2.45) is 5.41 Å². The van der Waals surface area contributed by atoms with Crippen LogP contribution in [0.4, 0.5) is 4.39 Å². The van der Waals surface area contributed by atoms with E-state index < -0.39 is 0 Å². The summed E-state index contributed by atoms with van der Waals surface area (Å²) < 4.78 is 13.5. The maximum Gasteiger partial charge on any atom is 0.126 e. The summed E-state index contributed by atoms with van der Waals surface area (Å²) in [5.41, 5.74) is 0.969. The van der Waals surface area contributed by atoms with Crippen LogP contribution in [0.5, 0.6) is 0 Å². The zero-order valence-corrected chi connectivity index (χ0v) is 11.2. The van der Waals surface area contributed by atoms with Crippen LogP contribution in [0.3, 0.4) is 0 Å². The Bertz CT molecular complexity index is 333. The van der Waals surface area contributed by atoms with Crippen LogP contribution in [-0.2, 0) is 6.42 Å². The monoisotopic (exact) mass is 237 g/mol. The molecular formula is C15H24FN. The third-order valence-corrected chi connectivity index (χ3v) is 3.03. The molecule has 1 rings (SSSR count). The number of halogens is 1. The van der Waals surface area contributed by atoms with Crippen LogP contribution in [0.25, 0.3) is 0 Å². The van der Waals surface area contributed by atoms with Gasteiger partial charge >= 0.3 is 0 Å². The van der Waals surface area contributed by atoms with Crippen LogP contribution in [-0.4, -0.2) is 13.1 Å². The number of hydrogen-bond acceptors (Lipinski definition) is 1. The Kier molecular flexibility index (Phi) is 5.63. The van der Waals surface area contributed by atoms with Gasteiger partial charge in [-0.15, -0.1) is 0 Å². The quantitative estimate of drug-likeness (QED) is 0.712. The first-order chi connectivity index (χ1) is 8.05. The summed E-state index contributed by atoms with van der Waals surface area (Å²) in [5, 5.41) is 3.40. The fourth-order valence-corrected chi connectivity index (χ4v) is 1.97. The zero-order chi connectivity index (χ0) is 12.7. The molecule has 0 fully saturated rings. The van der Waals surface area contributed by atoms with Gasteiger partial charge in [0, 0.05) is 0 Å². The molecule has 0 aromatic heterocycles. The average molecular weight is 237 g/mol. The first-order valence-corrected chi connectivity index (χ1v) is 6.49. The summed E-state index contributed by atoms with van der Waals surface area (Å²) in [6, 6.07) is 7.08. The van der Waals surface area contributed by atoms with E-state index in [1.807, 2.05) is 12.1 Å². The summed E-state index contributed by atoms with van der Waals surface area (Å²) in [4.78, 5) is 0. The molecule has 2 heteroatoms. The number of nitrogens with one attached hydrogen (secondary N) is 1. The second kappa shape index (κ2) is 6.75. The number of rotatable bonds is 7. The van der Waals surface area contributed by atoms with Crippen molar-refractivity contribution in [3.63, 3.8) is 0 Å². The molecule has 1 nitrogen and oxygen atoms in total. The molecule has 96 valence electrons. The van der Waals surface area contributed by atoms with Crippen LogP contribution in [0.1, 0.15) is 39.2 Å². The molecule has 0 unspecified atom stereocenters. The summed E-state index contributed by atoms with van der Waals surface area (Å²) in [7, 11) is 0. The van der Waals surface area contributed by atoms with Crippen molar-refractivity contribution in [1.29, 1.82) is 0 Å². The fraction of sp³-hybridized carbons (Fsp3) is 0.600. The van der Waals surface area contributed by atoms with E-state index in [1.165, 1.54) is 0 Å². The van der Waals surface area contributed by atoms with E-state index in [0.717, 1.165) is 37.9 Å². The van der Waals surface area contributed by atoms with Gasteiger partial charge in [0.2, 0.25) is 0 Å². The molecule has 1 aromatic carbocycles. The summed E-state index contributed by atoms with van der Waals surface area (Å²) in [6.07, 6.45) is 3.03. The zero-order valence-electron chi connectivity index (χ0n) is 11.2. The summed E-state index contributed by atoms with van der Waals surface area (Å²) in [6.45, 7) is 8.64. The third-order valence-electron chi connectivity index (χ3n) is 3.03. The van der Waals surface area contributed by atoms with Crippen LogP contribution < -0.4 is 5.32 Å². The molecule has 0 saturated carbocycles. The van der Waals surface area contributed by atoms with Gasteiger partial charge in [0.25, 0.3) is 0 Å². The molecule has 0 radical (unpaired) electrons. The van der Waals surface area contributed by atoms with Crippen molar-refractivity contribution in [2.45, 2.75) is 40.0 Å². The highest BCUT2D eigenvalue weighted by molar-refractivity contribution is 5.18. The van der Waals surface area contributed by atoms with Gasteiger partial charge in [0.15, 0.2) is 0 Å². The first kappa shape index (κ1) is 14.2. The third kappa shape index (κ3) is 5.31. The van der Waals surface area contributed by atoms with Gasteiger partial charge in [-0.25, -0.2) is 4.39 Å². The lowest BCUT2D eigenvalue weighted by molar-refractivity contribution is 0.321. The molecule has 0 aliphatic heterocycles. The minimum Gasteiger partial charge on any atom is -0.317 e. The minimum absolute atomic E-state index is 0.0814. The van der Waals surface area contributed by atoms with Gasteiger partial charge < -0.3 is 5.32 Å². The predicted octanol–water partition coefficient (Wildman–Crippen LogP) is 3.78. The fourth-order valence-electron chi connectivity index (χ4n) is 1.97. The lowest BCUT2D eigenvalue weighted by Crippen LogP contribution is -2.24. The summed E-state index contributed by atoms with van der Waals surface area (Å²) >= 11 is 0. The molecule has 1 aromatic rings. The molecule has 0 amide bonds. The van der Waals surface area contributed by atoms with E-state index in [1.54, 1.807) is 12.1 Å². The SMILES string of the molecule is CCCNCCC(C)(C)Cc1ccccc1F. The molecule has 0 aliphatic carbocycles. The standard InChI is InChI=1S/C15H24FN/c1-4-10-17-11-9-15(2,3)12-13-7-5-6-8-14(13)16/h5-8,17H,4,9-12H2,1-3H3. The number of benzene rings is 1. The molecule has 0 spiro atoms. The van der Waals surface area contributed by atoms with E-state index in [9.17, 15) is 4.39 Å². The largest absolute Gasteiger partial charge is 0.317 e. The Balaban J connectivity index is 2.46. The second-order valence-electron chi connectivity index (χ2n) is 5.43. The Hall–Kier alpha value is -0.890. The van der Waals surface area contributed by atoms with Crippen LogP contribution in [0, 0.1) is 11.2 Å². The van der Waals surface area contributed by atoms with Crippen LogP contribution >= 0.6 is 0 Å². The average Bonchev–Trinajstić information content (AvgIpc) is 2.28. The van der Waals surface area contributed by atoms with Crippen LogP contribution in [0.2, 0.25) is 0 Å². The number of hydrogen-bond donors (Lipinski definition) is 1.